The van der Waals surface area contributed by atoms with E-state index in [9.17, 15) is 4.79 Å². The summed E-state index contributed by atoms with van der Waals surface area (Å²) in [4.78, 5) is 16.4. The van der Waals surface area contributed by atoms with Crippen molar-refractivity contribution < 1.29 is 23.5 Å². The maximum atomic E-state index is 12.1. The fourth-order valence-corrected chi connectivity index (χ4v) is 2.82. The van der Waals surface area contributed by atoms with E-state index < -0.39 is 0 Å². The Morgan fingerprint density at radius 1 is 1.03 bits per heavy atom. The van der Waals surface area contributed by atoms with Crippen LogP contribution in [0, 0.1) is 0 Å². The Balaban J connectivity index is 1.62. The summed E-state index contributed by atoms with van der Waals surface area (Å²) in [5.41, 5.74) is 1.76. The van der Waals surface area contributed by atoms with E-state index in [0.717, 1.165) is 5.56 Å². The second-order valence-electron chi connectivity index (χ2n) is 6.19. The molecule has 0 aliphatic rings. The van der Waals surface area contributed by atoms with Crippen LogP contribution in [0.5, 0.6) is 17.2 Å². The summed E-state index contributed by atoms with van der Waals surface area (Å²) in [6.07, 6.45) is 1.06. The average molecular weight is 397 g/mol. The molecular formula is C21H23N3O5. The zero-order valence-corrected chi connectivity index (χ0v) is 16.6. The molecule has 3 rings (SSSR count). The first-order chi connectivity index (χ1) is 14.1. The van der Waals surface area contributed by atoms with E-state index in [1.54, 1.807) is 12.1 Å². The molecule has 1 N–H and O–H groups in total. The maximum absolute atomic E-state index is 12.1. The summed E-state index contributed by atoms with van der Waals surface area (Å²) < 4.78 is 21.2. The topological polar surface area (TPSA) is 95.7 Å². The predicted octanol–water partition coefficient (Wildman–Crippen LogP) is 3.01. The molecule has 1 heterocycles. The van der Waals surface area contributed by atoms with Crippen molar-refractivity contribution >= 4 is 5.91 Å². The van der Waals surface area contributed by atoms with E-state index >= 15 is 0 Å². The van der Waals surface area contributed by atoms with E-state index in [0.29, 0.717) is 47.4 Å². The summed E-state index contributed by atoms with van der Waals surface area (Å²) in [5.74, 6) is 2.04. The molecule has 0 saturated heterocycles. The number of methoxy groups -OCH3 is 3. The van der Waals surface area contributed by atoms with Gasteiger partial charge in [0, 0.05) is 12.0 Å². The van der Waals surface area contributed by atoms with E-state index in [1.165, 1.54) is 21.3 Å². The maximum Gasteiger partial charge on any atom is 0.246 e. The summed E-state index contributed by atoms with van der Waals surface area (Å²) in [6.45, 7) is 0.158. The number of nitrogens with zero attached hydrogens (tertiary/aromatic N) is 2. The lowest BCUT2D eigenvalue weighted by Gasteiger charge is -2.12. The number of nitrogens with one attached hydrogen (secondary N) is 1. The molecule has 0 spiro atoms. The lowest BCUT2D eigenvalue weighted by atomic mass is 10.1. The Kier molecular flexibility index (Phi) is 6.67. The standard InChI is InChI=1S/C21H23N3O5/c1-26-16-11-15(12-17(27-2)20(16)28-3)21-23-19(29-24-21)13-22-18(25)10-9-14-7-5-4-6-8-14/h4-8,11-12H,9-10,13H2,1-3H3,(H,22,25). The molecule has 2 aromatic carbocycles. The zero-order chi connectivity index (χ0) is 20.6. The van der Waals surface area contributed by atoms with Crippen LogP contribution in [0.1, 0.15) is 17.9 Å². The van der Waals surface area contributed by atoms with Crippen molar-refractivity contribution in [2.24, 2.45) is 0 Å². The minimum Gasteiger partial charge on any atom is -0.493 e. The molecule has 8 nitrogen and oxygen atoms in total. The van der Waals surface area contributed by atoms with Crippen molar-refractivity contribution in [3.05, 3.63) is 53.9 Å². The van der Waals surface area contributed by atoms with Crippen molar-refractivity contribution in [2.75, 3.05) is 21.3 Å². The quantitative estimate of drug-likeness (QED) is 0.593. The highest BCUT2D eigenvalue weighted by Crippen LogP contribution is 2.40. The van der Waals surface area contributed by atoms with Gasteiger partial charge in [0.2, 0.25) is 23.4 Å². The van der Waals surface area contributed by atoms with Crippen molar-refractivity contribution in [2.45, 2.75) is 19.4 Å². The van der Waals surface area contributed by atoms with E-state index in [-0.39, 0.29) is 12.5 Å². The lowest BCUT2D eigenvalue weighted by Crippen LogP contribution is -2.23. The monoisotopic (exact) mass is 397 g/mol. The number of amides is 1. The predicted molar refractivity (Wildman–Crippen MR) is 106 cm³/mol. The van der Waals surface area contributed by atoms with Crippen LogP contribution in [0.2, 0.25) is 0 Å². The molecule has 152 valence electrons. The van der Waals surface area contributed by atoms with E-state index in [1.807, 2.05) is 30.3 Å². The third kappa shape index (κ3) is 5.04. The van der Waals surface area contributed by atoms with Gasteiger partial charge in [0.25, 0.3) is 0 Å². The molecule has 0 bridgehead atoms. The highest BCUT2D eigenvalue weighted by atomic mass is 16.5. The molecule has 0 saturated carbocycles. The Labute approximate surface area is 168 Å². The van der Waals surface area contributed by atoms with Crippen LogP contribution in [-0.4, -0.2) is 37.4 Å². The SMILES string of the molecule is COc1cc(-c2noc(CNC(=O)CCc3ccccc3)n2)cc(OC)c1OC. The molecule has 0 radical (unpaired) electrons. The van der Waals surface area contributed by atoms with Crippen LogP contribution >= 0.6 is 0 Å². The highest BCUT2D eigenvalue weighted by Gasteiger charge is 2.17. The van der Waals surface area contributed by atoms with Crippen LogP contribution < -0.4 is 19.5 Å². The van der Waals surface area contributed by atoms with Gasteiger partial charge in [-0.25, -0.2) is 0 Å². The third-order valence-corrected chi connectivity index (χ3v) is 4.31. The van der Waals surface area contributed by atoms with Crippen LogP contribution in [0.15, 0.2) is 47.0 Å². The Bertz CT molecular complexity index is 931. The molecule has 3 aromatic rings. The van der Waals surface area contributed by atoms with Gasteiger partial charge in [0.1, 0.15) is 0 Å². The second-order valence-corrected chi connectivity index (χ2v) is 6.19. The zero-order valence-electron chi connectivity index (χ0n) is 16.6. The van der Waals surface area contributed by atoms with E-state index in [2.05, 4.69) is 15.5 Å². The number of aryl methyl sites for hydroxylation is 1. The number of benzene rings is 2. The summed E-state index contributed by atoms with van der Waals surface area (Å²) in [5, 5.41) is 6.77. The van der Waals surface area contributed by atoms with Gasteiger partial charge in [-0.2, -0.15) is 4.98 Å². The molecule has 0 fully saturated rings. The fraction of sp³-hybridized carbons (Fsp3) is 0.286. The van der Waals surface area contributed by atoms with Crippen LogP contribution in [-0.2, 0) is 17.8 Å². The van der Waals surface area contributed by atoms with Gasteiger partial charge < -0.3 is 24.1 Å². The van der Waals surface area contributed by atoms with Gasteiger partial charge in [0.05, 0.1) is 27.9 Å². The number of rotatable bonds is 9. The Morgan fingerprint density at radius 3 is 2.34 bits per heavy atom. The Hall–Kier alpha value is -3.55. The highest BCUT2D eigenvalue weighted by molar-refractivity contribution is 5.76. The van der Waals surface area contributed by atoms with Crippen LogP contribution in [0.4, 0.5) is 0 Å². The minimum absolute atomic E-state index is 0.0820. The molecule has 29 heavy (non-hydrogen) atoms. The van der Waals surface area contributed by atoms with Gasteiger partial charge in [0.15, 0.2) is 11.5 Å². The number of aromatic nitrogens is 2. The lowest BCUT2D eigenvalue weighted by molar-refractivity contribution is -0.121. The normalized spacial score (nSPS) is 10.4. The number of hydrogen-bond donors (Lipinski definition) is 1. The molecule has 8 heteroatoms. The molecule has 1 amide bonds. The first-order valence-corrected chi connectivity index (χ1v) is 9.08. The molecule has 1 aromatic heterocycles. The van der Waals surface area contributed by atoms with Crippen molar-refractivity contribution in [3.8, 4) is 28.6 Å². The van der Waals surface area contributed by atoms with Gasteiger partial charge in [-0.15, -0.1) is 0 Å². The molecule has 0 atom stereocenters. The largest absolute Gasteiger partial charge is 0.493 e. The molecule has 0 unspecified atom stereocenters. The fourth-order valence-electron chi connectivity index (χ4n) is 2.82. The number of carbonyl (C=O) groups is 1. The van der Waals surface area contributed by atoms with E-state index in [4.69, 9.17) is 18.7 Å². The summed E-state index contributed by atoms with van der Waals surface area (Å²) >= 11 is 0. The van der Waals surface area contributed by atoms with Gasteiger partial charge in [-0.3, -0.25) is 4.79 Å². The summed E-state index contributed by atoms with van der Waals surface area (Å²) in [7, 11) is 4.61. The smallest absolute Gasteiger partial charge is 0.246 e. The van der Waals surface area contributed by atoms with Crippen molar-refractivity contribution in [3.63, 3.8) is 0 Å². The third-order valence-electron chi connectivity index (χ3n) is 4.31. The van der Waals surface area contributed by atoms with Crippen molar-refractivity contribution in [1.82, 2.24) is 15.5 Å². The number of hydrogen-bond acceptors (Lipinski definition) is 7. The second kappa shape index (κ2) is 9.59. The first-order valence-electron chi connectivity index (χ1n) is 9.08. The van der Waals surface area contributed by atoms with Gasteiger partial charge in [-0.1, -0.05) is 35.5 Å². The first kappa shape index (κ1) is 20.2. The molecule has 0 aliphatic carbocycles. The minimum atomic E-state index is -0.0820. The molecule has 0 aliphatic heterocycles. The Morgan fingerprint density at radius 2 is 1.72 bits per heavy atom. The van der Waals surface area contributed by atoms with Crippen LogP contribution in [0.25, 0.3) is 11.4 Å². The van der Waals surface area contributed by atoms with Crippen molar-refractivity contribution in [1.29, 1.82) is 0 Å². The summed E-state index contributed by atoms with van der Waals surface area (Å²) in [6, 6.07) is 13.3. The molecular weight excluding hydrogens is 374 g/mol. The van der Waals surface area contributed by atoms with Crippen LogP contribution in [0.3, 0.4) is 0 Å². The van der Waals surface area contributed by atoms with Gasteiger partial charge >= 0.3 is 0 Å². The van der Waals surface area contributed by atoms with Gasteiger partial charge in [-0.05, 0) is 24.1 Å². The average Bonchev–Trinajstić information content (AvgIpc) is 3.25. The number of carbonyl (C=O) groups excluding carboxylic acids is 1. The number of ether oxygens (including phenoxy) is 3.